The summed E-state index contributed by atoms with van der Waals surface area (Å²) in [6, 6.07) is 2.05. The fraction of sp³-hybridized carbons (Fsp3) is 0.594. The summed E-state index contributed by atoms with van der Waals surface area (Å²) in [5.74, 6) is -1.73. The second-order valence-electron chi connectivity index (χ2n) is 13.2. The molecule has 1 amide bonds. The summed E-state index contributed by atoms with van der Waals surface area (Å²) in [6.45, 7) is 11.1. The number of carbonyl (C=O) groups excluding carboxylic acids is 1. The lowest BCUT2D eigenvalue weighted by Crippen LogP contribution is -2.35. The SMILES string of the molecule is [BH3-][P+]1(OCCC#N)OC[C@H]2OC(n3cnc4c(C)ncnc43)[C@@H](F)[C@H]2OP(OCC[N+]#[C-])OCC2O[C@@H](n3cnc4c(=O)[nH]c(NC(=O)C(C)C)nc43)[C@@H](O1)[C@H]2CO. The quantitative estimate of drug-likeness (QED) is 0.0837. The van der Waals surface area contributed by atoms with Crippen molar-refractivity contribution in [2.24, 2.45) is 11.8 Å². The van der Waals surface area contributed by atoms with Gasteiger partial charge in [0.1, 0.15) is 43.9 Å². The second kappa shape index (κ2) is 18.0. The number of nitrogens with one attached hydrogen (secondary N) is 2. The van der Waals surface area contributed by atoms with Gasteiger partial charge in [-0.15, -0.1) is 0 Å². The van der Waals surface area contributed by atoms with Crippen LogP contribution in [0.25, 0.3) is 27.2 Å². The van der Waals surface area contributed by atoms with E-state index in [0.29, 0.717) is 16.9 Å². The van der Waals surface area contributed by atoms with Gasteiger partial charge < -0.3 is 33.0 Å². The van der Waals surface area contributed by atoms with E-state index >= 15 is 4.39 Å². The van der Waals surface area contributed by atoms with Gasteiger partial charge >= 0.3 is 8.60 Å². The van der Waals surface area contributed by atoms with Crippen molar-refractivity contribution >= 4 is 58.2 Å². The molecule has 4 aromatic heterocycles. The smallest absolute Gasteiger partial charge is 0.333 e. The van der Waals surface area contributed by atoms with Crippen LogP contribution in [0.15, 0.2) is 23.8 Å². The van der Waals surface area contributed by atoms with Crippen LogP contribution in [0.2, 0.25) is 0 Å². The summed E-state index contributed by atoms with van der Waals surface area (Å²) in [5, 5.41) is 22.8. The molecular weight excluding hydrogens is 806 g/mol. The fourth-order valence-electron chi connectivity index (χ4n) is 6.28. The molecule has 7 rings (SSSR count). The number of H-pyrrole nitrogens is 1. The van der Waals surface area contributed by atoms with Crippen LogP contribution in [0.1, 0.15) is 38.4 Å². The van der Waals surface area contributed by atoms with Crippen LogP contribution in [-0.4, -0.2) is 128 Å². The van der Waals surface area contributed by atoms with Crippen LogP contribution in [0.4, 0.5) is 10.3 Å². The molecule has 3 N–H and O–H groups in total. The third-order valence-corrected chi connectivity index (χ3v) is 11.5. The van der Waals surface area contributed by atoms with Gasteiger partial charge in [0, 0.05) is 11.8 Å². The highest BCUT2D eigenvalue weighted by molar-refractivity contribution is 7.85. The fourth-order valence-corrected chi connectivity index (χ4v) is 8.59. The number of alkyl halides is 1. The number of fused-ring (bicyclic) bond motifs is 5. The van der Waals surface area contributed by atoms with Crippen LogP contribution < -0.4 is 10.9 Å². The average molecular weight is 848 g/mol. The third-order valence-electron chi connectivity index (χ3n) is 9.18. The molecule has 0 saturated carbocycles. The number of aryl methyl sites for hydroxylation is 1. The molecule has 3 aliphatic heterocycles. The zero-order valence-corrected chi connectivity index (χ0v) is 32.5. The zero-order chi connectivity index (χ0) is 41.1. The number of anilines is 1. The number of halogens is 1. The van der Waals surface area contributed by atoms with Gasteiger partial charge in [-0.25, -0.2) is 44.5 Å². The highest BCUT2D eigenvalue weighted by Crippen LogP contribution is 2.62. The molecule has 26 heteroatoms. The minimum atomic E-state index is -3.30. The van der Waals surface area contributed by atoms with Crippen molar-refractivity contribution in [2.45, 2.75) is 70.2 Å². The molecule has 3 fully saturated rings. The normalized spacial score (nSPS) is 30.3. The first kappa shape index (κ1) is 42.0. The maximum absolute atomic E-state index is 16.8. The Balaban J connectivity index is 1.26. The number of nitrogens with zero attached hydrogens (tertiary/aromatic N) is 9. The van der Waals surface area contributed by atoms with Gasteiger partial charge in [0.15, 0.2) is 41.5 Å². The Labute approximate surface area is 332 Å². The van der Waals surface area contributed by atoms with Gasteiger partial charge in [-0.05, 0) is 6.92 Å². The maximum Gasteiger partial charge on any atom is 0.333 e. The molecule has 3 aliphatic rings. The first-order valence-electron chi connectivity index (χ1n) is 17.7. The van der Waals surface area contributed by atoms with Crippen LogP contribution in [0.5, 0.6) is 0 Å². The minimum absolute atomic E-state index is 0.0103. The predicted molar refractivity (Wildman–Crippen MR) is 204 cm³/mol. The highest BCUT2D eigenvalue weighted by atomic mass is 31.2. The van der Waals surface area contributed by atoms with E-state index in [9.17, 15) is 20.0 Å². The molecule has 4 aromatic rings. The van der Waals surface area contributed by atoms with E-state index in [1.54, 1.807) is 20.8 Å². The van der Waals surface area contributed by atoms with E-state index in [-0.39, 0.29) is 62.4 Å². The lowest BCUT2D eigenvalue weighted by atomic mass is 9.99. The first-order valence-corrected chi connectivity index (χ1v) is 19.9. The van der Waals surface area contributed by atoms with Gasteiger partial charge in [-0.2, -0.15) is 10.2 Å². The summed E-state index contributed by atoms with van der Waals surface area (Å²) in [6.07, 6.45) is -4.53. The summed E-state index contributed by atoms with van der Waals surface area (Å²) in [7, 11) is -6.75. The van der Waals surface area contributed by atoms with Crippen molar-refractivity contribution in [1.29, 1.82) is 5.26 Å². The second-order valence-corrected chi connectivity index (χ2v) is 15.6. The maximum atomic E-state index is 16.8. The Morgan fingerprint density at radius 3 is 2.67 bits per heavy atom. The number of carbonyl (C=O) groups is 1. The number of aliphatic hydroxyl groups excluding tert-OH is 1. The number of aromatic amines is 1. The molecular formula is C32H41BFN11O11P2. The van der Waals surface area contributed by atoms with Crippen LogP contribution in [-0.2, 0) is 41.4 Å². The van der Waals surface area contributed by atoms with Crippen molar-refractivity contribution in [3.63, 3.8) is 0 Å². The highest BCUT2D eigenvalue weighted by Gasteiger charge is 2.55. The van der Waals surface area contributed by atoms with Crippen molar-refractivity contribution in [3.05, 3.63) is 46.4 Å². The van der Waals surface area contributed by atoms with E-state index in [4.69, 9.17) is 43.2 Å². The number of rotatable bonds is 11. The molecule has 10 atom stereocenters. The molecule has 4 unspecified atom stereocenters. The third kappa shape index (κ3) is 8.60. The zero-order valence-electron chi connectivity index (χ0n) is 30.7. The van der Waals surface area contributed by atoms with Gasteiger partial charge in [0.05, 0.1) is 50.2 Å². The molecule has 7 heterocycles. The number of hydrogen-bond acceptors (Lipinski definition) is 17. The van der Waals surface area contributed by atoms with Gasteiger partial charge in [0.25, 0.3) is 5.56 Å². The topological polar surface area (TPSA) is 258 Å². The first-order chi connectivity index (χ1) is 27.9. The predicted octanol–water partition coefficient (Wildman–Crippen LogP) is 1.56. The summed E-state index contributed by atoms with van der Waals surface area (Å²) < 4.78 is 70.3. The largest absolute Gasteiger partial charge is 0.396 e. The number of aromatic nitrogens is 8. The van der Waals surface area contributed by atoms with Crippen molar-refractivity contribution < 1.29 is 50.9 Å². The summed E-state index contributed by atoms with van der Waals surface area (Å²) in [4.78, 5) is 53.1. The summed E-state index contributed by atoms with van der Waals surface area (Å²) in [5.41, 5.74) is 0.753. The Bertz CT molecular complexity index is 2260. The van der Waals surface area contributed by atoms with E-state index < -0.39 is 91.0 Å². The van der Waals surface area contributed by atoms with E-state index in [0.717, 1.165) is 0 Å². The monoisotopic (exact) mass is 847 g/mol. The Hall–Kier alpha value is -4.16. The number of amides is 1. The number of aliphatic hydroxyl groups is 1. The lowest BCUT2D eigenvalue weighted by molar-refractivity contribution is -0.118. The molecule has 0 aromatic carbocycles. The molecule has 0 spiro atoms. The molecule has 0 aliphatic carbocycles. The molecule has 58 heavy (non-hydrogen) atoms. The molecule has 3 saturated heterocycles. The van der Waals surface area contributed by atoms with E-state index in [1.807, 2.05) is 6.07 Å². The Morgan fingerprint density at radius 1 is 1.17 bits per heavy atom. The van der Waals surface area contributed by atoms with Gasteiger partial charge in [0.2, 0.25) is 33.8 Å². The van der Waals surface area contributed by atoms with E-state index in [2.05, 4.69) is 40.1 Å². The molecule has 2 bridgehead atoms. The molecule has 22 nitrogen and oxygen atoms in total. The summed E-state index contributed by atoms with van der Waals surface area (Å²) >= 11 is 0. The van der Waals surface area contributed by atoms with Gasteiger partial charge in [-0.1, -0.05) is 13.8 Å². The van der Waals surface area contributed by atoms with Crippen molar-refractivity contribution in [2.75, 3.05) is 44.9 Å². The Kier molecular flexibility index (Phi) is 13.0. The molecule has 0 radical (unpaired) electrons. The number of nitriles is 1. The van der Waals surface area contributed by atoms with Crippen molar-refractivity contribution in [3.8, 4) is 6.07 Å². The van der Waals surface area contributed by atoms with Crippen LogP contribution in [0, 0.1) is 36.7 Å². The number of imidazole rings is 2. The standard InChI is InChI=1S/C32H41BFN11O11P2/c1-16(2)28(47)42-32-41-27-23(29(48)43-32)40-15-45(27)31-24-18(10-46)19(53-31)11-50-57(49-9-7-36-4)55-25-20(12-52-58(33,56-24)51-8-5-6-35)54-30(21(25)34)44-14-39-22-17(3)37-13-38-26(22)44/h13-16,18-21,24-25,30-31,46H,5,7-12H2,1-3,33H3,(H2,41,42,43,47,48)/t18-,19?,20+,21-,24-,25-,30?,31+,57?,58?/m0/s1. The average Bonchev–Trinajstić information content (AvgIpc) is 3.97. The lowest BCUT2D eigenvalue weighted by Gasteiger charge is -2.32. The Morgan fingerprint density at radius 2 is 1.93 bits per heavy atom. The number of ether oxygens (including phenoxy) is 2. The van der Waals surface area contributed by atoms with Crippen LogP contribution in [0.3, 0.4) is 0 Å². The number of hydrogen-bond donors (Lipinski definition) is 3. The minimum Gasteiger partial charge on any atom is -0.396 e. The van der Waals surface area contributed by atoms with Gasteiger partial charge in [-0.3, -0.25) is 29.0 Å². The van der Waals surface area contributed by atoms with E-state index in [1.165, 1.54) is 28.1 Å². The molecule has 310 valence electrons. The van der Waals surface area contributed by atoms with Crippen LogP contribution >= 0.6 is 16.4 Å². The van der Waals surface area contributed by atoms with Crippen molar-refractivity contribution in [1.82, 2.24) is 39.0 Å².